The number of urea groups is 1. The van der Waals surface area contributed by atoms with Crippen LogP contribution in [0.3, 0.4) is 0 Å². The molecule has 0 saturated carbocycles. The first-order chi connectivity index (χ1) is 24.8. The highest BCUT2D eigenvalue weighted by Crippen LogP contribution is 2.65. The van der Waals surface area contributed by atoms with Crippen LogP contribution in [0.1, 0.15) is 46.0 Å². The van der Waals surface area contributed by atoms with Crippen molar-refractivity contribution in [2.45, 2.75) is 29.6 Å². The molecule has 12 heteroatoms. The summed E-state index contributed by atoms with van der Waals surface area (Å²) < 4.78 is 12.4. The van der Waals surface area contributed by atoms with E-state index in [2.05, 4.69) is 22.5 Å². The number of fused-ring (bicyclic) bond motifs is 3. The van der Waals surface area contributed by atoms with Crippen LogP contribution in [-0.4, -0.2) is 59.6 Å². The molecule has 4 aromatic rings. The van der Waals surface area contributed by atoms with E-state index in [0.717, 1.165) is 11.1 Å². The molecule has 1 spiro atoms. The molecule has 12 nitrogen and oxygen atoms in total. The molecule has 3 aliphatic heterocycles. The standard InChI is InChI=1S/C39H35N5O7/c40-35(46)30-32-36(47)51-33(25-13-5-2-6-14-25)31(24-11-3-1-4-12-24)44(32)34(26-15-7-8-16-29(26)50-21-20-45)39(30)27-22-23(10-9-19-42-38(41)49)17-18-28(27)43-37(39)48/h1-8,11-18,22,30-34,45H,19-21H2,(H2,40,46)(H,43,48)(H3,41,42,49)/t30-,31-,32-,33+,34+,39-/m0/s1. The first-order valence-corrected chi connectivity index (χ1v) is 16.4. The van der Waals surface area contributed by atoms with Crippen LogP contribution in [0.5, 0.6) is 5.75 Å². The number of para-hydroxylation sites is 1. The van der Waals surface area contributed by atoms with E-state index in [0.29, 0.717) is 28.1 Å². The summed E-state index contributed by atoms with van der Waals surface area (Å²) in [6.07, 6.45) is -0.840. The minimum Gasteiger partial charge on any atom is -0.491 e. The third-order valence-electron chi connectivity index (χ3n) is 9.76. The number of aliphatic hydroxyl groups excluding tert-OH is 1. The van der Waals surface area contributed by atoms with Crippen molar-refractivity contribution in [3.05, 3.63) is 131 Å². The number of hydrogen-bond acceptors (Lipinski definition) is 8. The molecule has 0 radical (unpaired) electrons. The lowest BCUT2D eigenvalue weighted by Gasteiger charge is -2.46. The topological polar surface area (TPSA) is 186 Å². The van der Waals surface area contributed by atoms with Crippen molar-refractivity contribution in [1.82, 2.24) is 10.2 Å². The largest absolute Gasteiger partial charge is 0.491 e. The van der Waals surface area contributed by atoms with Gasteiger partial charge in [0.25, 0.3) is 0 Å². The Labute approximate surface area is 293 Å². The minimum atomic E-state index is -1.79. The van der Waals surface area contributed by atoms with Crippen LogP contribution in [0.25, 0.3) is 0 Å². The van der Waals surface area contributed by atoms with Crippen LogP contribution >= 0.6 is 0 Å². The van der Waals surface area contributed by atoms with Crippen molar-refractivity contribution < 1.29 is 33.8 Å². The molecule has 3 aliphatic rings. The molecular weight excluding hydrogens is 650 g/mol. The third-order valence-corrected chi connectivity index (χ3v) is 9.76. The molecule has 6 atom stereocenters. The Balaban J connectivity index is 1.53. The summed E-state index contributed by atoms with van der Waals surface area (Å²) in [6, 6.07) is 27.2. The van der Waals surface area contributed by atoms with Gasteiger partial charge in [-0.1, -0.05) is 90.7 Å². The summed E-state index contributed by atoms with van der Waals surface area (Å²) in [7, 11) is 0. The van der Waals surface area contributed by atoms with Gasteiger partial charge in [0.05, 0.1) is 31.2 Å². The predicted octanol–water partition coefficient (Wildman–Crippen LogP) is 2.83. The molecule has 0 aromatic heterocycles. The molecule has 2 saturated heterocycles. The van der Waals surface area contributed by atoms with Crippen LogP contribution in [0.15, 0.2) is 103 Å². The van der Waals surface area contributed by atoms with E-state index in [1.165, 1.54) is 0 Å². The average Bonchev–Trinajstić information content (AvgIpc) is 3.61. The molecule has 4 aromatic carbocycles. The number of nitrogens with one attached hydrogen (secondary N) is 2. The van der Waals surface area contributed by atoms with Crippen LogP contribution in [0.4, 0.5) is 10.5 Å². The number of anilines is 1. The van der Waals surface area contributed by atoms with Crippen molar-refractivity contribution >= 4 is 29.5 Å². The molecular formula is C39H35N5O7. The van der Waals surface area contributed by atoms with Crippen molar-refractivity contribution in [2.24, 2.45) is 17.4 Å². The second kappa shape index (κ2) is 13.6. The fourth-order valence-electron chi connectivity index (χ4n) is 7.94. The van der Waals surface area contributed by atoms with E-state index in [4.69, 9.17) is 20.9 Å². The fraction of sp³-hybridized carbons (Fsp3) is 0.231. The highest BCUT2D eigenvalue weighted by molar-refractivity contribution is 6.12. The number of rotatable bonds is 8. The van der Waals surface area contributed by atoms with E-state index >= 15 is 0 Å². The van der Waals surface area contributed by atoms with Crippen LogP contribution < -0.4 is 26.8 Å². The van der Waals surface area contributed by atoms with Gasteiger partial charge >= 0.3 is 12.0 Å². The summed E-state index contributed by atoms with van der Waals surface area (Å²) in [4.78, 5) is 56.5. The van der Waals surface area contributed by atoms with Crippen LogP contribution in [0.2, 0.25) is 0 Å². The number of primary amides is 2. The highest BCUT2D eigenvalue weighted by atomic mass is 16.6. The average molecular weight is 686 g/mol. The first-order valence-electron chi connectivity index (χ1n) is 16.4. The Morgan fingerprint density at radius 2 is 1.61 bits per heavy atom. The Morgan fingerprint density at radius 3 is 2.29 bits per heavy atom. The zero-order valence-corrected chi connectivity index (χ0v) is 27.3. The zero-order chi connectivity index (χ0) is 35.7. The lowest BCUT2D eigenvalue weighted by atomic mass is 9.65. The lowest BCUT2D eigenvalue weighted by Crippen LogP contribution is -2.53. The van der Waals surface area contributed by atoms with Crippen molar-refractivity contribution in [3.63, 3.8) is 0 Å². The van der Waals surface area contributed by atoms with Gasteiger partial charge in [0, 0.05) is 16.8 Å². The number of nitrogens with zero attached hydrogens (tertiary/aromatic N) is 1. The summed E-state index contributed by atoms with van der Waals surface area (Å²) in [5.41, 5.74) is 13.0. The van der Waals surface area contributed by atoms with E-state index in [-0.39, 0.29) is 19.8 Å². The normalized spacial score (nSPS) is 24.8. The molecule has 0 bridgehead atoms. The summed E-state index contributed by atoms with van der Waals surface area (Å²) in [5.74, 6) is 2.68. The van der Waals surface area contributed by atoms with Gasteiger partial charge in [-0.3, -0.25) is 19.3 Å². The second-order valence-corrected chi connectivity index (χ2v) is 12.5. The minimum absolute atomic E-state index is 0.0157. The van der Waals surface area contributed by atoms with Gasteiger partial charge in [0.15, 0.2) is 0 Å². The molecule has 2 fully saturated rings. The van der Waals surface area contributed by atoms with Gasteiger partial charge in [0.1, 0.15) is 29.9 Å². The zero-order valence-electron chi connectivity index (χ0n) is 27.3. The summed E-state index contributed by atoms with van der Waals surface area (Å²) >= 11 is 0. The summed E-state index contributed by atoms with van der Waals surface area (Å²) in [5, 5.41) is 15.1. The number of esters is 1. The Morgan fingerprint density at radius 1 is 0.922 bits per heavy atom. The fourth-order valence-corrected chi connectivity index (χ4v) is 7.94. The monoisotopic (exact) mass is 685 g/mol. The molecule has 0 unspecified atom stereocenters. The maximum atomic E-state index is 14.9. The number of morpholine rings is 1. The van der Waals surface area contributed by atoms with Crippen LogP contribution in [-0.2, 0) is 24.5 Å². The van der Waals surface area contributed by atoms with Gasteiger partial charge in [-0.15, -0.1) is 0 Å². The third kappa shape index (κ3) is 5.62. The maximum Gasteiger partial charge on any atom is 0.324 e. The quantitative estimate of drug-likeness (QED) is 0.138. The number of cyclic esters (lactones) is 1. The highest BCUT2D eigenvalue weighted by Gasteiger charge is 2.74. The molecule has 7 N–H and O–H groups in total. The molecule has 7 rings (SSSR count). The Hall–Kier alpha value is -6.16. The first kappa shape index (κ1) is 33.3. The van der Waals surface area contributed by atoms with E-state index in [1.807, 2.05) is 65.6 Å². The number of carbonyl (C=O) groups is 4. The van der Waals surface area contributed by atoms with Gasteiger partial charge in [-0.05, 0) is 41.0 Å². The number of amides is 4. The van der Waals surface area contributed by atoms with E-state index in [9.17, 15) is 24.3 Å². The van der Waals surface area contributed by atoms with Crippen molar-refractivity contribution in [3.8, 4) is 17.6 Å². The van der Waals surface area contributed by atoms with Crippen molar-refractivity contribution in [2.75, 3.05) is 25.1 Å². The molecule has 4 amide bonds. The number of hydrogen-bond donors (Lipinski definition) is 5. The Kier molecular flexibility index (Phi) is 8.91. The van der Waals surface area contributed by atoms with Gasteiger partial charge < -0.3 is 36.7 Å². The lowest BCUT2D eigenvalue weighted by molar-refractivity contribution is -0.178. The molecule has 0 aliphatic carbocycles. The number of benzene rings is 4. The molecule has 51 heavy (non-hydrogen) atoms. The second-order valence-electron chi connectivity index (χ2n) is 12.5. The van der Waals surface area contributed by atoms with E-state index < -0.39 is 59.4 Å². The number of carbonyl (C=O) groups excluding carboxylic acids is 4. The SMILES string of the molecule is NC(=O)NCC#Cc1ccc2c(c1)[C@]1(C(=O)N2)[C@H](C(N)=O)[C@H]2C(=O)O[C@H](c3ccccc3)[C@H](c3ccccc3)N2[C@@H]1c1ccccc1OCCO. The van der Waals surface area contributed by atoms with Crippen LogP contribution in [0, 0.1) is 17.8 Å². The maximum absolute atomic E-state index is 14.9. The predicted molar refractivity (Wildman–Crippen MR) is 186 cm³/mol. The summed E-state index contributed by atoms with van der Waals surface area (Å²) in [6.45, 7) is -0.332. The van der Waals surface area contributed by atoms with Gasteiger partial charge in [0.2, 0.25) is 11.8 Å². The number of ether oxygens (including phenoxy) is 2. The molecule has 3 heterocycles. The molecule has 258 valence electrons. The smallest absolute Gasteiger partial charge is 0.324 e. The number of nitrogens with two attached hydrogens (primary N) is 2. The van der Waals surface area contributed by atoms with Crippen molar-refractivity contribution in [1.29, 1.82) is 0 Å². The van der Waals surface area contributed by atoms with Gasteiger partial charge in [-0.2, -0.15) is 0 Å². The number of aliphatic hydroxyl groups is 1. The van der Waals surface area contributed by atoms with Gasteiger partial charge in [-0.25, -0.2) is 4.79 Å². The van der Waals surface area contributed by atoms with E-state index in [1.54, 1.807) is 42.5 Å². The Bertz CT molecular complexity index is 2060.